The monoisotopic (exact) mass is 456 g/mol. The van der Waals surface area contributed by atoms with Gasteiger partial charge in [-0.2, -0.15) is 0 Å². The number of benzene rings is 2. The second-order valence-electron chi connectivity index (χ2n) is 6.42. The van der Waals surface area contributed by atoms with E-state index in [1.165, 1.54) is 13.0 Å². The Kier molecular flexibility index (Phi) is 5.07. The van der Waals surface area contributed by atoms with Crippen LogP contribution in [-0.2, 0) is 21.2 Å². The number of carbonyl (C=O) groups is 1. The minimum atomic E-state index is -3.91. The molecule has 1 atom stereocenters. The third-order valence-electron chi connectivity index (χ3n) is 4.37. The van der Waals surface area contributed by atoms with Crippen molar-refractivity contribution in [2.75, 3.05) is 9.62 Å². The molecule has 2 aromatic carbocycles. The van der Waals surface area contributed by atoms with Gasteiger partial charge in [-0.1, -0.05) is 33.6 Å². The maximum atomic E-state index is 13.1. The molecule has 1 heterocycles. The molecule has 8 heteroatoms. The van der Waals surface area contributed by atoms with Gasteiger partial charge in [0.15, 0.2) is 0 Å². The molecule has 1 aliphatic rings. The highest BCUT2D eigenvalue weighted by Crippen LogP contribution is 2.40. The largest absolute Gasteiger partial charge is 0.308 e. The van der Waals surface area contributed by atoms with Crippen LogP contribution in [0, 0.1) is 6.92 Å². The number of rotatable bonds is 3. The third kappa shape index (κ3) is 3.48. The van der Waals surface area contributed by atoms with Crippen molar-refractivity contribution in [3.63, 3.8) is 0 Å². The fourth-order valence-electron chi connectivity index (χ4n) is 3.23. The summed E-state index contributed by atoms with van der Waals surface area (Å²) in [5.41, 5.74) is 2.49. The highest BCUT2D eigenvalue weighted by Gasteiger charge is 2.35. The molecule has 1 N–H and O–H groups in total. The predicted molar refractivity (Wildman–Crippen MR) is 107 cm³/mol. The summed E-state index contributed by atoms with van der Waals surface area (Å²) < 4.78 is 29.4. The summed E-state index contributed by atoms with van der Waals surface area (Å²) in [5, 5.41) is 0.476. The van der Waals surface area contributed by atoms with Crippen molar-refractivity contribution >= 4 is 54.8 Å². The molecule has 5 nitrogen and oxygen atoms in total. The zero-order chi connectivity index (χ0) is 19.2. The SMILES string of the molecule is CC(=O)N1c2c(cc(Br)cc2S(=O)(=O)Nc2ccc(C)c(Cl)c2)C[C@H]1C. The second kappa shape index (κ2) is 6.87. The lowest BCUT2D eigenvalue weighted by atomic mass is 10.1. The van der Waals surface area contributed by atoms with Gasteiger partial charge < -0.3 is 4.90 Å². The predicted octanol–water partition coefficient (Wildman–Crippen LogP) is 4.51. The van der Waals surface area contributed by atoms with E-state index in [4.69, 9.17) is 11.6 Å². The van der Waals surface area contributed by atoms with Crippen molar-refractivity contribution in [3.05, 3.63) is 51.0 Å². The summed E-state index contributed by atoms with van der Waals surface area (Å²) in [6.45, 7) is 5.18. The van der Waals surface area contributed by atoms with E-state index in [2.05, 4.69) is 20.7 Å². The normalized spacial score (nSPS) is 16.5. The average molecular weight is 458 g/mol. The number of nitrogens with zero attached hydrogens (tertiary/aromatic N) is 1. The Labute approximate surface area is 166 Å². The van der Waals surface area contributed by atoms with Gasteiger partial charge in [-0.25, -0.2) is 8.42 Å². The first-order valence-electron chi connectivity index (χ1n) is 8.01. The molecule has 3 rings (SSSR count). The molecule has 0 saturated carbocycles. The summed E-state index contributed by atoms with van der Waals surface area (Å²) in [6, 6.07) is 8.25. The van der Waals surface area contributed by atoms with E-state index in [0.29, 0.717) is 27.3 Å². The Balaban J connectivity index is 2.11. The molecule has 0 radical (unpaired) electrons. The highest BCUT2D eigenvalue weighted by molar-refractivity contribution is 9.10. The maximum absolute atomic E-state index is 13.1. The zero-order valence-electron chi connectivity index (χ0n) is 14.5. The lowest BCUT2D eigenvalue weighted by molar-refractivity contribution is -0.116. The fraction of sp³-hybridized carbons (Fsp3) is 0.278. The molecule has 1 aliphatic heterocycles. The smallest absolute Gasteiger partial charge is 0.264 e. The van der Waals surface area contributed by atoms with Crippen LogP contribution in [0.25, 0.3) is 0 Å². The Bertz CT molecular complexity index is 1010. The van der Waals surface area contributed by atoms with Crippen LogP contribution in [-0.4, -0.2) is 20.4 Å². The lowest BCUT2D eigenvalue weighted by Crippen LogP contribution is -2.34. The summed E-state index contributed by atoms with van der Waals surface area (Å²) in [4.78, 5) is 13.7. The first kappa shape index (κ1) is 19.2. The van der Waals surface area contributed by atoms with Crippen LogP contribution in [0.3, 0.4) is 0 Å². The summed E-state index contributed by atoms with van der Waals surface area (Å²) in [7, 11) is -3.91. The highest BCUT2D eigenvalue weighted by atomic mass is 79.9. The number of anilines is 2. The van der Waals surface area contributed by atoms with E-state index in [0.717, 1.165) is 11.1 Å². The number of amides is 1. The van der Waals surface area contributed by atoms with Crippen LogP contribution < -0.4 is 9.62 Å². The Morgan fingerprint density at radius 1 is 1.31 bits per heavy atom. The molecule has 0 spiro atoms. The van der Waals surface area contributed by atoms with Crippen molar-refractivity contribution in [1.82, 2.24) is 0 Å². The number of hydrogen-bond donors (Lipinski definition) is 1. The average Bonchev–Trinajstić information content (AvgIpc) is 2.85. The molecule has 0 bridgehead atoms. The quantitative estimate of drug-likeness (QED) is 0.737. The zero-order valence-corrected chi connectivity index (χ0v) is 17.7. The number of aryl methyl sites for hydroxylation is 1. The molecule has 0 aliphatic carbocycles. The lowest BCUT2D eigenvalue weighted by Gasteiger charge is -2.23. The van der Waals surface area contributed by atoms with E-state index in [-0.39, 0.29) is 16.8 Å². The van der Waals surface area contributed by atoms with Crippen LogP contribution in [0.5, 0.6) is 0 Å². The van der Waals surface area contributed by atoms with Crippen molar-refractivity contribution in [3.8, 4) is 0 Å². The van der Waals surface area contributed by atoms with Gasteiger partial charge in [-0.3, -0.25) is 9.52 Å². The van der Waals surface area contributed by atoms with E-state index >= 15 is 0 Å². The summed E-state index contributed by atoms with van der Waals surface area (Å²) in [6.07, 6.45) is 0.604. The molecular weight excluding hydrogens is 440 g/mol. The van der Waals surface area contributed by atoms with E-state index in [1.807, 2.05) is 19.9 Å². The molecule has 1 amide bonds. The van der Waals surface area contributed by atoms with Crippen molar-refractivity contribution < 1.29 is 13.2 Å². The molecule has 138 valence electrons. The van der Waals surface area contributed by atoms with Gasteiger partial charge >= 0.3 is 0 Å². The number of carbonyl (C=O) groups excluding carboxylic acids is 1. The van der Waals surface area contributed by atoms with Crippen LogP contribution in [0.4, 0.5) is 11.4 Å². The first-order valence-corrected chi connectivity index (χ1v) is 10.7. The van der Waals surface area contributed by atoms with Gasteiger partial charge in [0.25, 0.3) is 10.0 Å². The fourth-order valence-corrected chi connectivity index (χ4v) is 5.38. The Morgan fingerprint density at radius 2 is 2.00 bits per heavy atom. The van der Waals surface area contributed by atoms with Crippen LogP contribution in [0.2, 0.25) is 5.02 Å². The maximum Gasteiger partial charge on any atom is 0.264 e. The molecule has 2 aromatic rings. The standard InChI is InChI=1S/C18H18BrClN2O3S/c1-10-4-5-15(9-16(10)20)21-26(24,25)17-8-14(19)7-13-6-11(2)22(12(3)23)18(13)17/h4-5,7-9,11,21H,6H2,1-3H3/t11-/m1/s1. The van der Waals surface area contributed by atoms with Gasteiger partial charge in [0.05, 0.1) is 11.4 Å². The van der Waals surface area contributed by atoms with Crippen LogP contribution in [0.1, 0.15) is 25.0 Å². The second-order valence-corrected chi connectivity index (χ2v) is 9.40. The Morgan fingerprint density at radius 3 is 2.62 bits per heavy atom. The molecule has 0 fully saturated rings. The molecule has 0 saturated heterocycles. The molecular formula is C18H18BrClN2O3S. The molecule has 0 unspecified atom stereocenters. The van der Waals surface area contributed by atoms with Gasteiger partial charge in [0.2, 0.25) is 5.91 Å². The topological polar surface area (TPSA) is 66.5 Å². The van der Waals surface area contributed by atoms with E-state index in [1.54, 1.807) is 23.1 Å². The first-order chi connectivity index (χ1) is 12.1. The minimum absolute atomic E-state index is 0.0677. The van der Waals surface area contributed by atoms with E-state index < -0.39 is 10.0 Å². The minimum Gasteiger partial charge on any atom is -0.308 e. The number of fused-ring (bicyclic) bond motifs is 1. The van der Waals surface area contributed by atoms with Crippen molar-refractivity contribution in [1.29, 1.82) is 0 Å². The Hall–Kier alpha value is -1.57. The van der Waals surface area contributed by atoms with E-state index in [9.17, 15) is 13.2 Å². The van der Waals surface area contributed by atoms with Gasteiger partial charge in [-0.05, 0) is 55.7 Å². The molecule has 0 aromatic heterocycles. The van der Waals surface area contributed by atoms with Gasteiger partial charge in [-0.15, -0.1) is 0 Å². The molecule has 26 heavy (non-hydrogen) atoms. The number of hydrogen-bond acceptors (Lipinski definition) is 3. The number of sulfonamides is 1. The van der Waals surface area contributed by atoms with Gasteiger partial charge in [0.1, 0.15) is 4.90 Å². The van der Waals surface area contributed by atoms with Crippen molar-refractivity contribution in [2.45, 2.75) is 38.1 Å². The number of nitrogens with one attached hydrogen (secondary N) is 1. The summed E-state index contributed by atoms with van der Waals surface area (Å²) >= 11 is 9.47. The third-order valence-corrected chi connectivity index (χ3v) is 6.63. The summed E-state index contributed by atoms with van der Waals surface area (Å²) in [5.74, 6) is -0.187. The van der Waals surface area contributed by atoms with Crippen LogP contribution in [0.15, 0.2) is 39.7 Å². The number of halogens is 2. The van der Waals surface area contributed by atoms with Gasteiger partial charge in [0, 0.05) is 22.5 Å². The van der Waals surface area contributed by atoms with Crippen LogP contribution >= 0.6 is 27.5 Å². The van der Waals surface area contributed by atoms with Crippen molar-refractivity contribution in [2.24, 2.45) is 0 Å².